The minimum atomic E-state index is -0.104. The molecule has 1 aliphatic heterocycles. The predicted octanol–water partition coefficient (Wildman–Crippen LogP) is 1.47. The fraction of sp³-hybridized carbons (Fsp3) is 0.412. The van der Waals surface area contributed by atoms with Crippen LogP contribution in [0.25, 0.3) is 5.69 Å². The first kappa shape index (κ1) is 16.7. The summed E-state index contributed by atoms with van der Waals surface area (Å²) in [6, 6.07) is 8.12. The lowest BCUT2D eigenvalue weighted by molar-refractivity contribution is -0.935. The average molecular weight is 347 g/mol. The van der Waals surface area contributed by atoms with Gasteiger partial charge in [-0.25, -0.2) is 0 Å². The molecule has 1 unspecified atom stereocenters. The lowest BCUT2D eigenvalue weighted by atomic mass is 10.1. The van der Waals surface area contributed by atoms with Gasteiger partial charge in [0.25, 0.3) is 5.56 Å². The summed E-state index contributed by atoms with van der Waals surface area (Å²) in [4.78, 5) is 16.6. The van der Waals surface area contributed by atoms with Gasteiger partial charge < -0.3 is 15.0 Å². The van der Waals surface area contributed by atoms with Crippen LogP contribution in [0.3, 0.4) is 0 Å². The van der Waals surface area contributed by atoms with Gasteiger partial charge in [-0.2, -0.15) is 0 Å². The summed E-state index contributed by atoms with van der Waals surface area (Å²) in [7, 11) is 1.64. The van der Waals surface area contributed by atoms with Crippen LogP contribution in [0, 0.1) is 4.77 Å². The minimum absolute atomic E-state index is 0.104. The fourth-order valence-corrected chi connectivity index (χ4v) is 3.31. The number of aromatic nitrogens is 2. The van der Waals surface area contributed by atoms with E-state index in [0.717, 1.165) is 35.9 Å². The Labute approximate surface area is 146 Å². The van der Waals surface area contributed by atoms with Crippen LogP contribution in [0.4, 0.5) is 5.82 Å². The van der Waals surface area contributed by atoms with Crippen LogP contribution in [0.2, 0.25) is 0 Å². The van der Waals surface area contributed by atoms with Crippen molar-refractivity contribution in [2.75, 3.05) is 19.1 Å². The van der Waals surface area contributed by atoms with Gasteiger partial charge in [-0.1, -0.05) is 6.92 Å². The third kappa shape index (κ3) is 2.97. The Bertz CT molecular complexity index is 841. The second-order valence-corrected chi connectivity index (χ2v) is 6.50. The molecular weight excluding hydrogens is 324 g/mol. The third-order valence-corrected chi connectivity index (χ3v) is 5.02. The number of anilines is 1. The topological polar surface area (TPSA) is 63.5 Å². The maximum Gasteiger partial charge on any atom is 0.262 e. The highest BCUT2D eigenvalue weighted by Gasteiger charge is 2.27. The van der Waals surface area contributed by atoms with E-state index in [9.17, 15) is 4.79 Å². The molecule has 7 heteroatoms. The summed E-state index contributed by atoms with van der Waals surface area (Å²) in [5.74, 6) is 1.57. The third-order valence-electron chi connectivity index (χ3n) is 4.73. The standard InChI is InChI=1S/C17H22N4O2S/c1-4-11(2)20-9-14-15(18-10-20)21(17(24)19-16(14)22)12-5-7-13(23-3)8-6-12/h5-8,11,18H,4,9-10H2,1-3H3,(H,19,22,24)/p+1/t11-/m0/s1. The Kier molecular flexibility index (Phi) is 4.73. The van der Waals surface area contributed by atoms with Gasteiger partial charge in [0.2, 0.25) is 0 Å². The molecule has 2 aromatic rings. The molecule has 2 atom stereocenters. The number of quaternary nitrogens is 1. The van der Waals surface area contributed by atoms with E-state index < -0.39 is 0 Å². The Morgan fingerprint density at radius 1 is 1.38 bits per heavy atom. The average Bonchev–Trinajstić information content (AvgIpc) is 2.61. The zero-order valence-corrected chi connectivity index (χ0v) is 15.0. The molecule has 0 aliphatic carbocycles. The summed E-state index contributed by atoms with van der Waals surface area (Å²) in [5.41, 5.74) is 1.54. The van der Waals surface area contributed by atoms with E-state index in [4.69, 9.17) is 17.0 Å². The molecule has 1 aromatic heterocycles. The number of hydrogen-bond acceptors (Lipinski definition) is 4. The van der Waals surface area contributed by atoms with Gasteiger partial charge in [-0.05, 0) is 49.8 Å². The highest BCUT2D eigenvalue weighted by atomic mass is 32.1. The number of nitrogens with one attached hydrogen (secondary N) is 3. The van der Waals surface area contributed by atoms with Gasteiger partial charge in [0.1, 0.15) is 23.7 Å². The van der Waals surface area contributed by atoms with E-state index in [1.807, 2.05) is 28.8 Å². The van der Waals surface area contributed by atoms with Crippen molar-refractivity contribution in [3.8, 4) is 11.4 Å². The lowest BCUT2D eigenvalue weighted by Gasteiger charge is -2.32. The number of methoxy groups -OCH3 is 1. The van der Waals surface area contributed by atoms with Crippen molar-refractivity contribution in [3.05, 3.63) is 45.0 Å². The molecule has 24 heavy (non-hydrogen) atoms. The molecule has 0 bridgehead atoms. The molecule has 3 rings (SSSR count). The molecule has 128 valence electrons. The summed E-state index contributed by atoms with van der Waals surface area (Å²) >= 11 is 5.40. The quantitative estimate of drug-likeness (QED) is 0.733. The van der Waals surface area contributed by atoms with Gasteiger partial charge in [0.05, 0.1) is 18.8 Å². The summed E-state index contributed by atoms with van der Waals surface area (Å²) in [6.45, 7) is 5.84. The monoisotopic (exact) mass is 347 g/mol. The molecule has 0 saturated heterocycles. The maximum absolute atomic E-state index is 12.4. The largest absolute Gasteiger partial charge is 0.497 e. The second kappa shape index (κ2) is 6.78. The van der Waals surface area contributed by atoms with Crippen molar-refractivity contribution >= 4 is 18.0 Å². The van der Waals surface area contributed by atoms with Gasteiger partial charge in [0.15, 0.2) is 11.4 Å². The van der Waals surface area contributed by atoms with Crippen LogP contribution in [0.15, 0.2) is 29.1 Å². The van der Waals surface area contributed by atoms with Crippen LogP contribution in [-0.4, -0.2) is 29.4 Å². The lowest BCUT2D eigenvalue weighted by Crippen LogP contribution is -3.16. The van der Waals surface area contributed by atoms with Crippen LogP contribution in [0.1, 0.15) is 25.8 Å². The van der Waals surface area contributed by atoms with E-state index >= 15 is 0 Å². The number of hydrogen-bond donors (Lipinski definition) is 3. The van der Waals surface area contributed by atoms with E-state index in [2.05, 4.69) is 24.1 Å². The molecule has 0 amide bonds. The van der Waals surface area contributed by atoms with Gasteiger partial charge in [-0.3, -0.25) is 14.3 Å². The number of aromatic amines is 1. The molecular formula is C17H23N4O2S+. The number of fused-ring (bicyclic) bond motifs is 1. The highest BCUT2D eigenvalue weighted by Crippen LogP contribution is 2.21. The smallest absolute Gasteiger partial charge is 0.262 e. The first-order chi connectivity index (χ1) is 11.5. The fourth-order valence-electron chi connectivity index (χ4n) is 3.02. The maximum atomic E-state index is 12.4. The number of H-pyrrole nitrogens is 1. The summed E-state index contributed by atoms with van der Waals surface area (Å²) in [5, 5.41) is 3.41. The molecule has 0 saturated carbocycles. The normalized spacial score (nSPS) is 17.7. The Morgan fingerprint density at radius 3 is 2.71 bits per heavy atom. The Morgan fingerprint density at radius 2 is 2.08 bits per heavy atom. The number of benzene rings is 1. The molecule has 2 heterocycles. The van der Waals surface area contributed by atoms with Gasteiger partial charge >= 0.3 is 0 Å². The van der Waals surface area contributed by atoms with E-state index in [0.29, 0.717) is 17.4 Å². The first-order valence-corrected chi connectivity index (χ1v) is 8.57. The zero-order chi connectivity index (χ0) is 17.3. The molecule has 1 aliphatic rings. The number of nitrogens with zero attached hydrogens (tertiary/aromatic N) is 1. The molecule has 3 N–H and O–H groups in total. The van der Waals surface area contributed by atoms with Crippen molar-refractivity contribution < 1.29 is 9.64 Å². The van der Waals surface area contributed by atoms with Crippen molar-refractivity contribution in [1.82, 2.24) is 9.55 Å². The minimum Gasteiger partial charge on any atom is -0.497 e. The van der Waals surface area contributed by atoms with Crippen LogP contribution in [-0.2, 0) is 6.54 Å². The zero-order valence-electron chi connectivity index (χ0n) is 14.2. The molecule has 6 nitrogen and oxygen atoms in total. The molecule has 0 spiro atoms. The van der Waals surface area contributed by atoms with Crippen molar-refractivity contribution in [2.45, 2.75) is 32.9 Å². The van der Waals surface area contributed by atoms with Crippen molar-refractivity contribution in [2.24, 2.45) is 0 Å². The second-order valence-electron chi connectivity index (χ2n) is 6.12. The molecule has 0 radical (unpaired) electrons. The summed E-state index contributed by atoms with van der Waals surface area (Å²) in [6.07, 6.45) is 1.07. The van der Waals surface area contributed by atoms with E-state index in [1.165, 1.54) is 4.90 Å². The Hall–Kier alpha value is -2.12. The SMILES string of the molecule is CC[C@H](C)[NH+]1CNc2c(c(=O)[nH]c(=S)n2-c2ccc(OC)cc2)C1. The highest BCUT2D eigenvalue weighted by molar-refractivity contribution is 7.71. The molecule has 0 fully saturated rings. The predicted molar refractivity (Wildman–Crippen MR) is 96.7 cm³/mol. The van der Waals surface area contributed by atoms with Crippen LogP contribution < -0.4 is 20.5 Å². The first-order valence-electron chi connectivity index (χ1n) is 8.16. The van der Waals surface area contributed by atoms with Crippen LogP contribution >= 0.6 is 12.2 Å². The molecule has 1 aromatic carbocycles. The number of ether oxygens (including phenoxy) is 1. The van der Waals surface area contributed by atoms with Crippen molar-refractivity contribution in [1.29, 1.82) is 0 Å². The Balaban J connectivity index is 2.09. The van der Waals surface area contributed by atoms with Gasteiger partial charge in [0, 0.05) is 0 Å². The van der Waals surface area contributed by atoms with Gasteiger partial charge in [-0.15, -0.1) is 0 Å². The summed E-state index contributed by atoms with van der Waals surface area (Å²) < 4.78 is 7.49. The number of rotatable bonds is 4. The van der Waals surface area contributed by atoms with E-state index in [1.54, 1.807) is 7.11 Å². The van der Waals surface area contributed by atoms with Crippen LogP contribution in [0.5, 0.6) is 5.75 Å². The van der Waals surface area contributed by atoms with E-state index in [-0.39, 0.29) is 5.56 Å². The van der Waals surface area contributed by atoms with Crippen molar-refractivity contribution in [3.63, 3.8) is 0 Å².